The second-order valence-corrected chi connectivity index (χ2v) is 6.12. The number of benzene rings is 2. The Bertz CT molecular complexity index is 899. The molecule has 0 atom stereocenters. The van der Waals surface area contributed by atoms with E-state index in [1.807, 2.05) is 6.07 Å². The van der Waals surface area contributed by atoms with Gasteiger partial charge in [0.2, 0.25) is 0 Å². The molecule has 1 N–H and O–H groups in total. The number of aryl methyl sites for hydroxylation is 1. The molecule has 0 saturated heterocycles. The summed E-state index contributed by atoms with van der Waals surface area (Å²) < 4.78 is 15.5. The van der Waals surface area contributed by atoms with E-state index in [-0.39, 0.29) is 24.9 Å². The van der Waals surface area contributed by atoms with Crippen LogP contribution in [0.1, 0.15) is 28.1 Å². The van der Waals surface area contributed by atoms with E-state index in [0.29, 0.717) is 17.7 Å². The maximum Gasteiger partial charge on any atom is 0.306 e. The number of hydrogen-bond donors (Lipinski definition) is 1. The van der Waals surface area contributed by atoms with Crippen LogP contribution in [0.4, 0.5) is 5.69 Å². The highest BCUT2D eigenvalue weighted by Crippen LogP contribution is 2.16. The van der Waals surface area contributed by atoms with Gasteiger partial charge in [-0.05, 0) is 54.1 Å². The normalized spacial score (nSPS) is 10.3. The summed E-state index contributed by atoms with van der Waals surface area (Å²) in [6, 6.07) is 17.6. The Morgan fingerprint density at radius 1 is 1.00 bits per heavy atom. The van der Waals surface area contributed by atoms with E-state index >= 15 is 0 Å². The van der Waals surface area contributed by atoms with Crippen molar-refractivity contribution < 1.29 is 23.5 Å². The van der Waals surface area contributed by atoms with Crippen LogP contribution in [0.2, 0.25) is 0 Å². The molecule has 0 saturated carbocycles. The summed E-state index contributed by atoms with van der Waals surface area (Å²) in [5.74, 6) is 0.968. The van der Waals surface area contributed by atoms with Crippen LogP contribution < -0.4 is 10.1 Å². The molecule has 28 heavy (non-hydrogen) atoms. The quantitative estimate of drug-likeness (QED) is 0.593. The lowest BCUT2D eigenvalue weighted by Crippen LogP contribution is -2.12. The van der Waals surface area contributed by atoms with Crippen molar-refractivity contribution in [2.75, 3.05) is 12.4 Å². The minimum absolute atomic E-state index is 0.164. The molecule has 0 aliphatic carbocycles. The molecule has 3 rings (SSSR count). The summed E-state index contributed by atoms with van der Waals surface area (Å²) in [7, 11) is 1.59. The monoisotopic (exact) mass is 379 g/mol. The van der Waals surface area contributed by atoms with Crippen molar-refractivity contribution in [2.45, 2.75) is 19.4 Å². The Morgan fingerprint density at radius 3 is 2.39 bits per heavy atom. The summed E-state index contributed by atoms with van der Waals surface area (Å²) in [6.45, 7) is 0.164. The number of anilines is 1. The highest BCUT2D eigenvalue weighted by atomic mass is 16.5. The average Bonchev–Trinajstić information content (AvgIpc) is 3.25. The topological polar surface area (TPSA) is 77.8 Å². The first-order valence-electron chi connectivity index (χ1n) is 8.86. The van der Waals surface area contributed by atoms with Gasteiger partial charge in [0.15, 0.2) is 0 Å². The summed E-state index contributed by atoms with van der Waals surface area (Å²) in [5.41, 5.74) is 2.01. The zero-order valence-corrected chi connectivity index (χ0v) is 15.5. The molecule has 0 unspecified atom stereocenters. The first-order valence-corrected chi connectivity index (χ1v) is 8.86. The summed E-state index contributed by atoms with van der Waals surface area (Å²) in [5, 5.41) is 2.82. The number of carbonyl (C=O) groups excluding carboxylic acids is 2. The first-order chi connectivity index (χ1) is 13.6. The van der Waals surface area contributed by atoms with Crippen LogP contribution in [0.5, 0.6) is 5.75 Å². The van der Waals surface area contributed by atoms with Crippen LogP contribution in [-0.4, -0.2) is 19.0 Å². The van der Waals surface area contributed by atoms with E-state index in [0.717, 1.165) is 17.1 Å². The van der Waals surface area contributed by atoms with Gasteiger partial charge >= 0.3 is 5.97 Å². The number of ether oxygens (including phenoxy) is 2. The maximum atomic E-state index is 12.3. The Labute approximate surface area is 163 Å². The Morgan fingerprint density at radius 2 is 1.75 bits per heavy atom. The zero-order chi connectivity index (χ0) is 19.8. The van der Waals surface area contributed by atoms with E-state index in [1.165, 1.54) is 0 Å². The third kappa shape index (κ3) is 5.48. The Kier molecular flexibility index (Phi) is 6.46. The molecular formula is C22H21NO5. The number of furan rings is 1. The van der Waals surface area contributed by atoms with Gasteiger partial charge < -0.3 is 19.2 Å². The number of carbonyl (C=O) groups is 2. The van der Waals surface area contributed by atoms with Crippen molar-refractivity contribution in [3.05, 3.63) is 83.8 Å². The second-order valence-electron chi connectivity index (χ2n) is 6.12. The standard InChI is InChI=1S/C22H21NO5/c1-26-19-10-8-18(9-11-19)23-22(25)17-6-4-16(5-7-17)15-28-21(24)13-12-20-3-2-14-27-20/h2-11,14H,12-13,15H2,1H3,(H,23,25). The minimum atomic E-state index is -0.294. The number of amides is 1. The molecule has 0 bridgehead atoms. The number of esters is 1. The predicted octanol–water partition coefficient (Wildman–Crippen LogP) is 4.22. The van der Waals surface area contributed by atoms with Gasteiger partial charge in [0.05, 0.1) is 19.8 Å². The van der Waals surface area contributed by atoms with E-state index in [9.17, 15) is 9.59 Å². The fourth-order valence-corrected chi connectivity index (χ4v) is 2.55. The van der Waals surface area contributed by atoms with Crippen LogP contribution in [0.3, 0.4) is 0 Å². The van der Waals surface area contributed by atoms with Crippen molar-refractivity contribution in [2.24, 2.45) is 0 Å². The fraction of sp³-hybridized carbons (Fsp3) is 0.182. The average molecular weight is 379 g/mol. The number of hydrogen-bond acceptors (Lipinski definition) is 5. The van der Waals surface area contributed by atoms with Gasteiger partial charge in [-0.3, -0.25) is 9.59 Å². The third-order valence-electron chi connectivity index (χ3n) is 4.12. The van der Waals surface area contributed by atoms with Crippen molar-refractivity contribution in [1.29, 1.82) is 0 Å². The molecule has 0 aliphatic rings. The second kappa shape index (κ2) is 9.41. The molecule has 1 heterocycles. The van der Waals surface area contributed by atoms with Crippen molar-refractivity contribution >= 4 is 17.6 Å². The first kappa shape index (κ1) is 19.2. The van der Waals surface area contributed by atoms with Gasteiger partial charge in [-0.1, -0.05) is 12.1 Å². The summed E-state index contributed by atoms with van der Waals surface area (Å²) in [4.78, 5) is 24.1. The third-order valence-corrected chi connectivity index (χ3v) is 4.12. The summed E-state index contributed by atoms with van der Waals surface area (Å²) >= 11 is 0. The van der Waals surface area contributed by atoms with E-state index in [1.54, 1.807) is 68.0 Å². The maximum absolute atomic E-state index is 12.3. The number of rotatable bonds is 8. The molecule has 0 spiro atoms. The molecule has 144 valence electrons. The van der Waals surface area contributed by atoms with Crippen LogP contribution in [0.25, 0.3) is 0 Å². The lowest BCUT2D eigenvalue weighted by atomic mass is 10.1. The molecule has 0 aliphatic heterocycles. The molecule has 3 aromatic rings. The number of methoxy groups -OCH3 is 1. The van der Waals surface area contributed by atoms with Gasteiger partial charge in [-0.2, -0.15) is 0 Å². The van der Waals surface area contributed by atoms with Crippen LogP contribution in [0.15, 0.2) is 71.3 Å². The van der Waals surface area contributed by atoms with Gasteiger partial charge in [0.25, 0.3) is 5.91 Å². The molecule has 0 fully saturated rings. The SMILES string of the molecule is COc1ccc(NC(=O)c2ccc(COC(=O)CCc3ccco3)cc2)cc1. The van der Waals surface area contributed by atoms with Crippen molar-refractivity contribution in [3.8, 4) is 5.75 Å². The van der Waals surface area contributed by atoms with Gasteiger partial charge in [0, 0.05) is 17.7 Å². The molecule has 0 radical (unpaired) electrons. The predicted molar refractivity (Wildman–Crippen MR) is 104 cm³/mol. The van der Waals surface area contributed by atoms with Crippen LogP contribution in [-0.2, 0) is 22.6 Å². The highest BCUT2D eigenvalue weighted by Gasteiger charge is 2.08. The smallest absolute Gasteiger partial charge is 0.306 e. The number of nitrogens with one attached hydrogen (secondary N) is 1. The van der Waals surface area contributed by atoms with Gasteiger partial charge in [-0.15, -0.1) is 0 Å². The van der Waals surface area contributed by atoms with E-state index in [4.69, 9.17) is 13.9 Å². The highest BCUT2D eigenvalue weighted by molar-refractivity contribution is 6.04. The van der Waals surface area contributed by atoms with E-state index in [2.05, 4.69) is 5.32 Å². The van der Waals surface area contributed by atoms with Crippen molar-refractivity contribution in [3.63, 3.8) is 0 Å². The Balaban J connectivity index is 1.46. The largest absolute Gasteiger partial charge is 0.497 e. The molecule has 1 aromatic heterocycles. The lowest BCUT2D eigenvalue weighted by Gasteiger charge is -2.08. The molecule has 6 nitrogen and oxygen atoms in total. The molecule has 1 amide bonds. The lowest BCUT2D eigenvalue weighted by molar-refractivity contribution is -0.145. The molecule has 6 heteroatoms. The molecule has 2 aromatic carbocycles. The zero-order valence-electron chi connectivity index (χ0n) is 15.5. The fourth-order valence-electron chi connectivity index (χ4n) is 2.55. The summed E-state index contributed by atoms with van der Waals surface area (Å²) in [6.07, 6.45) is 2.35. The Hall–Kier alpha value is -3.54. The van der Waals surface area contributed by atoms with Crippen molar-refractivity contribution in [1.82, 2.24) is 0 Å². The van der Waals surface area contributed by atoms with E-state index < -0.39 is 0 Å². The van der Waals surface area contributed by atoms with Gasteiger partial charge in [0.1, 0.15) is 18.1 Å². The van der Waals surface area contributed by atoms with Crippen LogP contribution in [0, 0.1) is 0 Å². The minimum Gasteiger partial charge on any atom is -0.497 e. The van der Waals surface area contributed by atoms with Crippen LogP contribution >= 0.6 is 0 Å². The van der Waals surface area contributed by atoms with Gasteiger partial charge in [-0.25, -0.2) is 0 Å². The molecular weight excluding hydrogens is 358 g/mol.